The molecule has 0 aliphatic carbocycles. The third-order valence-corrected chi connectivity index (χ3v) is 4.68. The molecular formula is C23H21N3O2. The molecular weight excluding hydrogens is 350 g/mol. The van der Waals surface area contributed by atoms with Crippen molar-refractivity contribution in [3.63, 3.8) is 0 Å². The number of fused-ring (bicyclic) bond motifs is 1. The molecule has 0 spiro atoms. The summed E-state index contributed by atoms with van der Waals surface area (Å²) in [6, 6.07) is 23.5. The van der Waals surface area contributed by atoms with Crippen LogP contribution in [0.15, 0.2) is 79.1 Å². The van der Waals surface area contributed by atoms with Gasteiger partial charge < -0.3 is 10.1 Å². The maximum atomic E-state index is 12.5. The maximum Gasteiger partial charge on any atom is 0.251 e. The minimum absolute atomic E-state index is 0.0981. The fraction of sp³-hybridized carbons (Fsp3) is 0.130. The van der Waals surface area contributed by atoms with Crippen LogP contribution in [0.4, 0.5) is 0 Å². The molecule has 0 atom stereocenters. The molecule has 0 fully saturated rings. The molecule has 1 N–H and O–H groups in total. The van der Waals surface area contributed by atoms with Crippen molar-refractivity contribution in [1.82, 2.24) is 14.9 Å². The predicted octanol–water partition coefficient (Wildman–Crippen LogP) is 4.01. The van der Waals surface area contributed by atoms with Gasteiger partial charge in [-0.25, -0.2) is 4.98 Å². The average Bonchev–Trinajstić information content (AvgIpc) is 3.17. The van der Waals surface area contributed by atoms with Crippen LogP contribution in [-0.2, 0) is 6.42 Å². The minimum atomic E-state index is -0.0981. The summed E-state index contributed by atoms with van der Waals surface area (Å²) in [6.07, 6.45) is 2.53. The van der Waals surface area contributed by atoms with E-state index in [2.05, 4.69) is 10.3 Å². The molecule has 0 bridgehead atoms. The van der Waals surface area contributed by atoms with Crippen molar-refractivity contribution < 1.29 is 9.53 Å². The Balaban J connectivity index is 1.44. The number of nitrogens with one attached hydrogen (secondary N) is 1. The normalized spacial score (nSPS) is 10.8. The lowest BCUT2D eigenvalue weighted by Crippen LogP contribution is -2.25. The molecule has 3 aromatic carbocycles. The number of ether oxygens (including phenoxy) is 1. The fourth-order valence-corrected chi connectivity index (χ4v) is 3.20. The summed E-state index contributed by atoms with van der Waals surface area (Å²) in [5.74, 6) is 0.724. The van der Waals surface area contributed by atoms with Crippen LogP contribution >= 0.6 is 0 Å². The average molecular weight is 371 g/mol. The van der Waals surface area contributed by atoms with Gasteiger partial charge in [-0.3, -0.25) is 9.36 Å². The standard InChI is InChI=1S/C23H21N3O2/c1-28-20-9-5-6-17(14-20)12-13-24-23(27)18-10-11-22-21(15-18)25-16-26(22)19-7-3-2-4-8-19/h2-11,14-16H,12-13H2,1H3,(H,24,27). The Kier molecular flexibility index (Phi) is 5.06. The number of rotatable bonds is 6. The van der Waals surface area contributed by atoms with Gasteiger partial charge in [-0.05, 0) is 54.4 Å². The van der Waals surface area contributed by atoms with Gasteiger partial charge in [-0.15, -0.1) is 0 Å². The van der Waals surface area contributed by atoms with Crippen LogP contribution in [-0.4, -0.2) is 29.1 Å². The van der Waals surface area contributed by atoms with E-state index in [0.29, 0.717) is 12.1 Å². The van der Waals surface area contributed by atoms with Crippen molar-refractivity contribution >= 4 is 16.9 Å². The molecule has 140 valence electrons. The highest BCUT2D eigenvalue weighted by Crippen LogP contribution is 2.19. The van der Waals surface area contributed by atoms with Crippen molar-refractivity contribution in [2.45, 2.75) is 6.42 Å². The van der Waals surface area contributed by atoms with Crippen LogP contribution in [0.2, 0.25) is 0 Å². The lowest BCUT2D eigenvalue weighted by Gasteiger charge is -2.07. The SMILES string of the molecule is COc1cccc(CCNC(=O)c2ccc3c(c2)ncn3-c2ccccc2)c1. The Morgan fingerprint density at radius 2 is 1.89 bits per heavy atom. The summed E-state index contributed by atoms with van der Waals surface area (Å²) in [6.45, 7) is 0.558. The van der Waals surface area contributed by atoms with Gasteiger partial charge in [0.2, 0.25) is 0 Å². The van der Waals surface area contributed by atoms with E-state index in [1.54, 1.807) is 13.4 Å². The second-order valence-electron chi connectivity index (χ2n) is 6.51. The molecule has 4 aromatic rings. The second kappa shape index (κ2) is 7.96. The van der Waals surface area contributed by atoms with Crippen molar-refractivity contribution in [1.29, 1.82) is 0 Å². The third kappa shape index (κ3) is 3.74. The third-order valence-electron chi connectivity index (χ3n) is 4.68. The van der Waals surface area contributed by atoms with Crippen molar-refractivity contribution in [3.05, 3.63) is 90.3 Å². The first-order chi connectivity index (χ1) is 13.7. The summed E-state index contributed by atoms with van der Waals surface area (Å²) < 4.78 is 7.24. The van der Waals surface area contributed by atoms with Crippen molar-refractivity contribution in [3.8, 4) is 11.4 Å². The van der Waals surface area contributed by atoms with E-state index < -0.39 is 0 Å². The van der Waals surface area contributed by atoms with Crippen molar-refractivity contribution in [2.75, 3.05) is 13.7 Å². The summed E-state index contributed by atoms with van der Waals surface area (Å²) in [5.41, 5.74) is 4.54. The van der Waals surface area contributed by atoms with Crippen LogP contribution < -0.4 is 10.1 Å². The van der Waals surface area contributed by atoms with Gasteiger partial charge in [0.25, 0.3) is 5.91 Å². The number of aromatic nitrogens is 2. The minimum Gasteiger partial charge on any atom is -0.497 e. The number of hydrogen-bond donors (Lipinski definition) is 1. The van der Waals surface area contributed by atoms with Crippen molar-refractivity contribution in [2.24, 2.45) is 0 Å². The summed E-state index contributed by atoms with van der Waals surface area (Å²) in [7, 11) is 1.65. The molecule has 0 saturated carbocycles. The van der Waals surface area contributed by atoms with Gasteiger partial charge in [0, 0.05) is 17.8 Å². The van der Waals surface area contributed by atoms with Gasteiger partial charge in [-0.1, -0.05) is 30.3 Å². The van der Waals surface area contributed by atoms with E-state index in [4.69, 9.17) is 4.74 Å². The largest absolute Gasteiger partial charge is 0.497 e. The highest BCUT2D eigenvalue weighted by atomic mass is 16.5. The molecule has 0 radical (unpaired) electrons. The molecule has 0 saturated heterocycles. The Morgan fingerprint density at radius 3 is 2.71 bits per heavy atom. The van der Waals surface area contributed by atoms with E-state index in [1.807, 2.05) is 77.4 Å². The molecule has 5 nitrogen and oxygen atoms in total. The lowest BCUT2D eigenvalue weighted by molar-refractivity contribution is 0.0954. The monoisotopic (exact) mass is 371 g/mol. The molecule has 0 unspecified atom stereocenters. The zero-order chi connectivity index (χ0) is 19.3. The van der Waals surface area contributed by atoms with Crippen LogP contribution in [0.3, 0.4) is 0 Å². The number of hydrogen-bond acceptors (Lipinski definition) is 3. The maximum absolute atomic E-state index is 12.5. The first kappa shape index (κ1) is 17.8. The number of imidazole rings is 1. The predicted molar refractivity (Wildman–Crippen MR) is 110 cm³/mol. The smallest absolute Gasteiger partial charge is 0.251 e. The van der Waals surface area contributed by atoms with Crippen LogP contribution in [0.25, 0.3) is 16.7 Å². The van der Waals surface area contributed by atoms with Crippen LogP contribution in [0.5, 0.6) is 5.75 Å². The number of para-hydroxylation sites is 1. The number of nitrogens with zero attached hydrogens (tertiary/aromatic N) is 2. The van der Waals surface area contributed by atoms with E-state index in [-0.39, 0.29) is 5.91 Å². The molecule has 5 heteroatoms. The lowest BCUT2D eigenvalue weighted by atomic mass is 10.1. The van der Waals surface area contributed by atoms with Crippen LogP contribution in [0, 0.1) is 0 Å². The number of carbonyl (C=O) groups is 1. The first-order valence-electron chi connectivity index (χ1n) is 9.18. The first-order valence-corrected chi connectivity index (χ1v) is 9.18. The van der Waals surface area contributed by atoms with Gasteiger partial charge in [-0.2, -0.15) is 0 Å². The Bertz CT molecular complexity index is 1100. The highest BCUT2D eigenvalue weighted by Gasteiger charge is 2.10. The van der Waals surface area contributed by atoms with Gasteiger partial charge in [0.15, 0.2) is 0 Å². The second-order valence-corrected chi connectivity index (χ2v) is 6.51. The number of carbonyl (C=O) groups excluding carboxylic acids is 1. The molecule has 28 heavy (non-hydrogen) atoms. The molecule has 0 aliphatic heterocycles. The molecule has 4 rings (SSSR count). The zero-order valence-electron chi connectivity index (χ0n) is 15.6. The number of methoxy groups -OCH3 is 1. The molecule has 1 amide bonds. The molecule has 1 heterocycles. The van der Waals surface area contributed by atoms with E-state index in [0.717, 1.165) is 34.5 Å². The Hall–Kier alpha value is -3.60. The fourth-order valence-electron chi connectivity index (χ4n) is 3.20. The van der Waals surface area contributed by atoms with Crippen LogP contribution in [0.1, 0.15) is 15.9 Å². The Labute approximate surface area is 163 Å². The van der Waals surface area contributed by atoms with E-state index in [1.165, 1.54) is 0 Å². The van der Waals surface area contributed by atoms with E-state index in [9.17, 15) is 4.79 Å². The van der Waals surface area contributed by atoms with Gasteiger partial charge in [0.05, 0.1) is 18.1 Å². The van der Waals surface area contributed by atoms with Gasteiger partial charge >= 0.3 is 0 Å². The number of benzene rings is 3. The zero-order valence-corrected chi connectivity index (χ0v) is 15.6. The summed E-state index contributed by atoms with van der Waals surface area (Å²) >= 11 is 0. The Morgan fingerprint density at radius 1 is 1.04 bits per heavy atom. The molecule has 0 aliphatic rings. The number of amides is 1. The van der Waals surface area contributed by atoms with Gasteiger partial charge in [0.1, 0.15) is 12.1 Å². The summed E-state index contributed by atoms with van der Waals surface area (Å²) in [4.78, 5) is 17.0. The molecule has 1 aromatic heterocycles. The van der Waals surface area contributed by atoms with E-state index >= 15 is 0 Å². The highest BCUT2D eigenvalue weighted by molar-refractivity contribution is 5.97. The topological polar surface area (TPSA) is 56.1 Å². The summed E-state index contributed by atoms with van der Waals surface area (Å²) in [5, 5.41) is 2.97. The quantitative estimate of drug-likeness (QED) is 0.557.